The Morgan fingerprint density at radius 2 is 1.97 bits per heavy atom. The molecule has 5 N–H and O–H groups in total. The summed E-state index contributed by atoms with van der Waals surface area (Å²) >= 11 is 0. The first-order chi connectivity index (χ1) is 14.0. The molecular weight excluding hydrogens is 370 g/mol. The molecule has 0 unspecified atom stereocenters. The van der Waals surface area contributed by atoms with Gasteiger partial charge in [-0.2, -0.15) is 4.98 Å². The first-order valence-electron chi connectivity index (χ1n) is 8.89. The van der Waals surface area contributed by atoms with E-state index in [-0.39, 0.29) is 28.5 Å². The Kier molecular flexibility index (Phi) is 4.52. The quantitative estimate of drug-likeness (QED) is 0.481. The summed E-state index contributed by atoms with van der Waals surface area (Å²) in [7, 11) is 0. The lowest BCUT2D eigenvalue weighted by molar-refractivity contribution is 0.100. The number of carbonyl (C=O) groups excluding carboxylic acids is 1. The van der Waals surface area contributed by atoms with E-state index in [9.17, 15) is 9.90 Å². The van der Waals surface area contributed by atoms with Gasteiger partial charge >= 0.3 is 0 Å². The number of nitrogen functional groups attached to an aromatic ring is 1. The smallest absolute Gasteiger partial charge is 0.254 e. The van der Waals surface area contributed by atoms with Crippen LogP contribution in [0.25, 0.3) is 16.9 Å². The number of amides is 1. The zero-order valence-electron chi connectivity index (χ0n) is 15.7. The van der Waals surface area contributed by atoms with Gasteiger partial charge in [0.05, 0.1) is 11.9 Å². The predicted octanol–water partition coefficient (Wildman–Crippen LogP) is 2.69. The van der Waals surface area contributed by atoms with Crippen LogP contribution in [0.3, 0.4) is 0 Å². The van der Waals surface area contributed by atoms with Crippen molar-refractivity contribution in [2.75, 3.05) is 5.73 Å². The number of ether oxygens (including phenoxy) is 1. The highest BCUT2D eigenvalue weighted by atomic mass is 16.5. The van der Waals surface area contributed by atoms with Gasteiger partial charge in [-0.25, -0.2) is 4.98 Å². The molecule has 29 heavy (non-hydrogen) atoms. The number of rotatable bonds is 5. The van der Waals surface area contributed by atoms with Crippen LogP contribution in [0.5, 0.6) is 11.6 Å². The zero-order chi connectivity index (χ0) is 20.5. The van der Waals surface area contributed by atoms with Gasteiger partial charge in [0, 0.05) is 6.07 Å². The number of aromatic nitrogens is 3. The molecular formula is C21H19N5O3. The Balaban J connectivity index is 1.86. The molecule has 0 radical (unpaired) electrons. The summed E-state index contributed by atoms with van der Waals surface area (Å²) in [6.45, 7) is 2.16. The minimum atomic E-state index is -0.712. The van der Waals surface area contributed by atoms with Crippen LogP contribution in [0, 0.1) is 6.92 Å². The fourth-order valence-corrected chi connectivity index (χ4v) is 3.17. The van der Waals surface area contributed by atoms with Crippen molar-refractivity contribution in [3.8, 4) is 17.3 Å². The molecule has 0 atom stereocenters. The highest BCUT2D eigenvalue weighted by molar-refractivity contribution is 6.09. The lowest BCUT2D eigenvalue weighted by atomic mass is 10.2. The summed E-state index contributed by atoms with van der Waals surface area (Å²) in [5.41, 5.74) is 14.8. The maximum Gasteiger partial charge on any atom is 0.254 e. The molecule has 8 heteroatoms. The average Bonchev–Trinajstić information content (AvgIpc) is 3.00. The molecule has 0 fully saturated rings. The van der Waals surface area contributed by atoms with Gasteiger partial charge in [0.25, 0.3) is 5.91 Å². The number of primary amides is 1. The van der Waals surface area contributed by atoms with Crippen molar-refractivity contribution < 1.29 is 14.6 Å². The molecule has 0 saturated carbocycles. The molecule has 0 aliphatic rings. The predicted molar refractivity (Wildman–Crippen MR) is 109 cm³/mol. The summed E-state index contributed by atoms with van der Waals surface area (Å²) in [6.07, 6.45) is 1.43. The number of aromatic hydroxyl groups is 1. The highest BCUT2D eigenvalue weighted by Crippen LogP contribution is 2.32. The van der Waals surface area contributed by atoms with Crippen LogP contribution in [-0.2, 0) is 6.61 Å². The van der Waals surface area contributed by atoms with Crippen molar-refractivity contribution in [2.24, 2.45) is 5.73 Å². The maximum absolute atomic E-state index is 12.0. The number of hydrogen-bond donors (Lipinski definition) is 3. The van der Waals surface area contributed by atoms with Crippen LogP contribution in [0.4, 0.5) is 5.82 Å². The molecule has 0 aliphatic carbocycles. The van der Waals surface area contributed by atoms with Gasteiger partial charge in [-0.05, 0) is 24.1 Å². The average molecular weight is 389 g/mol. The van der Waals surface area contributed by atoms with Gasteiger partial charge < -0.3 is 21.3 Å². The number of benzene rings is 2. The largest absolute Gasteiger partial charge is 0.508 e. The third-order valence-corrected chi connectivity index (χ3v) is 4.59. The normalized spacial score (nSPS) is 10.9. The van der Waals surface area contributed by atoms with Crippen molar-refractivity contribution in [1.29, 1.82) is 0 Å². The number of carbonyl (C=O) groups is 1. The van der Waals surface area contributed by atoms with E-state index in [0.717, 1.165) is 11.1 Å². The second kappa shape index (κ2) is 7.16. The molecule has 0 aliphatic heterocycles. The Morgan fingerprint density at radius 1 is 1.21 bits per heavy atom. The standard InChI is InChI=1S/C21H19N5O3/c1-12-7-8-14(27)9-15(12)26-19(22)17(20(23)28)18-21(26)25-16(10-24-18)29-11-13-5-3-2-4-6-13/h2-10,27H,11,22H2,1H3,(H2,23,28). The molecule has 2 aromatic heterocycles. The minimum absolute atomic E-state index is 0.0527. The Hall–Kier alpha value is -4.07. The number of fused-ring (bicyclic) bond motifs is 1. The lowest BCUT2D eigenvalue weighted by Gasteiger charge is -2.12. The third-order valence-electron chi connectivity index (χ3n) is 4.59. The summed E-state index contributed by atoms with van der Waals surface area (Å²) < 4.78 is 7.31. The van der Waals surface area contributed by atoms with Crippen LogP contribution < -0.4 is 16.2 Å². The van der Waals surface area contributed by atoms with Crippen molar-refractivity contribution in [1.82, 2.24) is 14.5 Å². The van der Waals surface area contributed by atoms with E-state index in [2.05, 4.69) is 9.97 Å². The minimum Gasteiger partial charge on any atom is -0.508 e. The molecule has 2 heterocycles. The monoisotopic (exact) mass is 389 g/mol. The fourth-order valence-electron chi connectivity index (χ4n) is 3.17. The van der Waals surface area contributed by atoms with E-state index < -0.39 is 5.91 Å². The van der Waals surface area contributed by atoms with E-state index in [0.29, 0.717) is 17.9 Å². The second-order valence-electron chi connectivity index (χ2n) is 6.59. The summed E-state index contributed by atoms with van der Waals surface area (Å²) in [5.74, 6) is -0.288. The molecule has 146 valence electrons. The van der Waals surface area contributed by atoms with E-state index in [1.807, 2.05) is 37.3 Å². The number of hydrogen-bond acceptors (Lipinski definition) is 6. The lowest BCUT2D eigenvalue weighted by Crippen LogP contribution is -2.14. The first-order valence-corrected chi connectivity index (χ1v) is 8.89. The molecule has 2 aromatic carbocycles. The molecule has 0 saturated heterocycles. The Labute approximate surface area is 166 Å². The van der Waals surface area contributed by atoms with Crippen LogP contribution >= 0.6 is 0 Å². The Bertz CT molecular complexity index is 1220. The van der Waals surface area contributed by atoms with Gasteiger partial charge in [0.2, 0.25) is 5.88 Å². The van der Waals surface area contributed by atoms with Crippen molar-refractivity contribution in [3.05, 3.63) is 71.4 Å². The third kappa shape index (κ3) is 3.31. The maximum atomic E-state index is 12.0. The number of nitrogens with zero attached hydrogens (tertiary/aromatic N) is 3. The van der Waals surface area contributed by atoms with E-state index >= 15 is 0 Å². The summed E-state index contributed by atoms with van der Waals surface area (Å²) in [4.78, 5) is 20.8. The molecule has 1 amide bonds. The molecule has 4 aromatic rings. The number of aryl methyl sites for hydroxylation is 1. The van der Waals surface area contributed by atoms with E-state index in [1.54, 1.807) is 16.7 Å². The van der Waals surface area contributed by atoms with Gasteiger partial charge in [0.15, 0.2) is 5.65 Å². The van der Waals surface area contributed by atoms with Crippen LogP contribution in [-0.4, -0.2) is 25.5 Å². The van der Waals surface area contributed by atoms with Crippen molar-refractivity contribution in [2.45, 2.75) is 13.5 Å². The number of phenols is 1. The van der Waals surface area contributed by atoms with Crippen LogP contribution in [0.15, 0.2) is 54.7 Å². The summed E-state index contributed by atoms with van der Waals surface area (Å²) in [6, 6.07) is 14.5. The van der Waals surface area contributed by atoms with Crippen LogP contribution in [0.1, 0.15) is 21.5 Å². The highest BCUT2D eigenvalue weighted by Gasteiger charge is 2.24. The molecule has 0 bridgehead atoms. The van der Waals surface area contributed by atoms with Gasteiger partial charge in [0.1, 0.15) is 29.3 Å². The van der Waals surface area contributed by atoms with Gasteiger partial charge in [-0.1, -0.05) is 36.4 Å². The first kappa shape index (κ1) is 18.3. The van der Waals surface area contributed by atoms with Crippen molar-refractivity contribution in [3.63, 3.8) is 0 Å². The molecule has 0 spiro atoms. The molecule has 4 rings (SSSR count). The second-order valence-corrected chi connectivity index (χ2v) is 6.59. The molecule has 8 nitrogen and oxygen atoms in total. The fraction of sp³-hybridized carbons (Fsp3) is 0.0952. The van der Waals surface area contributed by atoms with E-state index in [4.69, 9.17) is 16.2 Å². The zero-order valence-corrected chi connectivity index (χ0v) is 15.7. The number of nitrogens with two attached hydrogens (primary N) is 2. The SMILES string of the molecule is Cc1ccc(O)cc1-n1c(N)c(C(N)=O)c2ncc(OCc3ccccc3)nc21. The topological polar surface area (TPSA) is 129 Å². The van der Waals surface area contributed by atoms with Crippen molar-refractivity contribution >= 4 is 22.9 Å². The summed E-state index contributed by atoms with van der Waals surface area (Å²) in [5, 5.41) is 9.94. The Morgan fingerprint density at radius 3 is 2.69 bits per heavy atom. The van der Waals surface area contributed by atoms with Crippen LogP contribution in [0.2, 0.25) is 0 Å². The van der Waals surface area contributed by atoms with Gasteiger partial charge in [-0.3, -0.25) is 9.36 Å². The number of anilines is 1. The van der Waals surface area contributed by atoms with Gasteiger partial charge in [-0.15, -0.1) is 0 Å². The van der Waals surface area contributed by atoms with E-state index in [1.165, 1.54) is 12.3 Å². The number of phenolic OH excluding ortho intramolecular Hbond substituents is 1.